The molecule has 58 heavy (non-hydrogen) atoms. The molecule has 306 valence electrons. The van der Waals surface area contributed by atoms with Crippen LogP contribution in [0.15, 0.2) is 119 Å². The summed E-state index contributed by atoms with van der Waals surface area (Å²) >= 11 is 0. The first-order valence-electron chi connectivity index (χ1n) is 15.4. The molecule has 0 atom stereocenters. The van der Waals surface area contributed by atoms with E-state index in [0.717, 1.165) is 6.07 Å². The first kappa shape index (κ1) is 43.3. The number of aromatic hydroxyl groups is 1. The standard InChI is InChI=1S/C31H26FN7O14S5/c1-4-39(18-8-7-9-19(14-18)54(41,42)5-2)31-35-29(32)34-30(36-31)33-23-16-21(56(45,46)47)12-17-13-25(58(51,52)53)27(28(40)26(17)23)38-37-22-15-20(55(43,44)6-3)10-11-24(22)57(48,49)50/h5-16,40H,2-4H2,1H3,(H,45,46,47)(H,48,49,50)(H,51,52,53)(H,33,34,35,36)/b38-37-. The summed E-state index contributed by atoms with van der Waals surface area (Å²) in [6.07, 6.45) is -1.45. The maximum Gasteiger partial charge on any atom is 0.315 e. The highest BCUT2D eigenvalue weighted by Gasteiger charge is 2.27. The van der Waals surface area contributed by atoms with Crippen LogP contribution in [0.2, 0.25) is 0 Å². The lowest BCUT2D eigenvalue weighted by Crippen LogP contribution is -2.21. The third-order valence-corrected chi connectivity index (χ3v) is 13.1. The molecular formula is C31H26FN7O14S5. The minimum Gasteiger partial charge on any atom is -0.505 e. The van der Waals surface area contributed by atoms with Gasteiger partial charge in [0.2, 0.25) is 11.9 Å². The molecule has 4 aromatic carbocycles. The van der Waals surface area contributed by atoms with Crippen LogP contribution >= 0.6 is 0 Å². The molecule has 0 radical (unpaired) electrons. The molecule has 5 rings (SSSR count). The number of nitrogens with one attached hydrogen (secondary N) is 1. The molecule has 0 bridgehead atoms. The lowest BCUT2D eigenvalue weighted by Gasteiger charge is -2.22. The van der Waals surface area contributed by atoms with E-state index in [4.69, 9.17) is 0 Å². The smallest absolute Gasteiger partial charge is 0.315 e. The predicted octanol–water partition coefficient (Wildman–Crippen LogP) is 4.76. The Morgan fingerprint density at radius 3 is 1.93 bits per heavy atom. The van der Waals surface area contributed by atoms with Crippen molar-refractivity contribution < 1.29 is 65.2 Å². The van der Waals surface area contributed by atoms with Gasteiger partial charge in [-0.05, 0) is 66.9 Å². The maximum atomic E-state index is 15.0. The summed E-state index contributed by atoms with van der Waals surface area (Å²) in [6, 6.07) is 9.14. The quantitative estimate of drug-likeness (QED) is 0.0740. The fourth-order valence-electron chi connectivity index (χ4n) is 5.17. The second-order valence-corrected chi connectivity index (χ2v) is 19.4. The highest BCUT2D eigenvalue weighted by Crippen LogP contribution is 2.46. The molecular weight excluding hydrogens is 874 g/mol. The Morgan fingerprint density at radius 2 is 1.36 bits per heavy atom. The Bertz CT molecular complexity index is 3160. The number of benzene rings is 4. The molecule has 5 aromatic rings. The Morgan fingerprint density at radius 1 is 0.741 bits per heavy atom. The van der Waals surface area contributed by atoms with Gasteiger partial charge in [-0.15, -0.1) is 10.2 Å². The lowest BCUT2D eigenvalue weighted by molar-refractivity contribution is 0.472. The van der Waals surface area contributed by atoms with Crippen molar-refractivity contribution in [2.45, 2.75) is 31.4 Å². The minimum absolute atomic E-state index is 0.00303. The Balaban J connectivity index is 1.76. The van der Waals surface area contributed by atoms with E-state index in [-0.39, 0.29) is 17.1 Å². The number of sulfone groups is 2. The van der Waals surface area contributed by atoms with Crippen molar-refractivity contribution in [1.82, 2.24) is 15.0 Å². The van der Waals surface area contributed by atoms with Crippen molar-refractivity contribution in [3.05, 3.63) is 90.7 Å². The van der Waals surface area contributed by atoms with Gasteiger partial charge in [0, 0.05) is 28.4 Å². The van der Waals surface area contributed by atoms with Gasteiger partial charge in [0.05, 0.1) is 20.4 Å². The van der Waals surface area contributed by atoms with Crippen molar-refractivity contribution in [2.75, 3.05) is 16.8 Å². The molecule has 0 aliphatic carbocycles. The van der Waals surface area contributed by atoms with Crippen LogP contribution in [0.1, 0.15) is 6.92 Å². The van der Waals surface area contributed by atoms with Gasteiger partial charge in [-0.1, -0.05) is 19.2 Å². The van der Waals surface area contributed by atoms with Gasteiger partial charge >= 0.3 is 6.08 Å². The van der Waals surface area contributed by atoms with Crippen molar-refractivity contribution in [3.8, 4) is 5.75 Å². The highest BCUT2D eigenvalue weighted by molar-refractivity contribution is 7.94. The average Bonchev–Trinajstić information content (AvgIpc) is 3.13. The van der Waals surface area contributed by atoms with E-state index < -0.39 is 121 Å². The third-order valence-electron chi connectivity index (χ3n) is 7.79. The van der Waals surface area contributed by atoms with Gasteiger partial charge in [0.15, 0.2) is 25.4 Å². The molecule has 0 unspecified atom stereocenters. The minimum atomic E-state index is -5.46. The van der Waals surface area contributed by atoms with Gasteiger partial charge in [0.1, 0.15) is 21.2 Å². The molecule has 0 saturated carbocycles. The molecule has 5 N–H and O–H groups in total. The molecule has 0 fully saturated rings. The predicted molar refractivity (Wildman–Crippen MR) is 203 cm³/mol. The first-order chi connectivity index (χ1) is 26.8. The van der Waals surface area contributed by atoms with Crippen molar-refractivity contribution in [2.24, 2.45) is 10.2 Å². The zero-order valence-corrected chi connectivity index (χ0v) is 33.1. The first-order valence-corrected chi connectivity index (χ1v) is 22.8. The van der Waals surface area contributed by atoms with Crippen LogP contribution in [-0.2, 0) is 50.0 Å². The summed E-state index contributed by atoms with van der Waals surface area (Å²) in [4.78, 5) is 8.42. The van der Waals surface area contributed by atoms with Crippen LogP contribution in [0.5, 0.6) is 5.75 Å². The number of fused-ring (bicyclic) bond motifs is 1. The number of hydrogen-bond acceptors (Lipinski definition) is 18. The van der Waals surface area contributed by atoms with E-state index in [1.165, 1.54) is 29.2 Å². The number of nitrogens with zero attached hydrogens (tertiary/aromatic N) is 6. The Kier molecular flexibility index (Phi) is 11.6. The van der Waals surface area contributed by atoms with Gasteiger partial charge in [0.25, 0.3) is 30.4 Å². The van der Waals surface area contributed by atoms with E-state index >= 15 is 4.39 Å². The summed E-state index contributed by atoms with van der Waals surface area (Å²) < 4.78 is 168. The molecule has 1 heterocycles. The maximum absolute atomic E-state index is 15.0. The summed E-state index contributed by atoms with van der Waals surface area (Å²) in [7, 11) is -24.0. The zero-order chi connectivity index (χ0) is 43.2. The van der Waals surface area contributed by atoms with Crippen molar-refractivity contribution >= 4 is 95.4 Å². The topological polar surface area (TPSA) is 330 Å². The second-order valence-electron chi connectivity index (χ2n) is 11.4. The molecule has 0 spiro atoms. The molecule has 21 nitrogen and oxygen atoms in total. The number of phenolic OH excluding ortho intramolecular Hbond substituents is 1. The number of phenols is 1. The van der Waals surface area contributed by atoms with Crippen LogP contribution in [0, 0.1) is 6.08 Å². The average molecular weight is 900 g/mol. The fraction of sp³-hybridized carbons (Fsp3) is 0.0645. The molecule has 27 heteroatoms. The Labute approximate surface area is 329 Å². The van der Waals surface area contributed by atoms with Crippen molar-refractivity contribution in [1.29, 1.82) is 0 Å². The molecule has 1 aromatic heterocycles. The van der Waals surface area contributed by atoms with E-state index in [0.29, 0.717) is 41.1 Å². The van der Waals surface area contributed by atoms with Crippen LogP contribution in [0.4, 0.5) is 39.0 Å². The summed E-state index contributed by atoms with van der Waals surface area (Å²) in [5, 5.41) is 21.1. The van der Waals surface area contributed by atoms with Crippen LogP contribution in [0.3, 0.4) is 0 Å². The second kappa shape index (κ2) is 15.5. The monoisotopic (exact) mass is 899 g/mol. The number of aromatic nitrogens is 3. The van der Waals surface area contributed by atoms with E-state index in [9.17, 15) is 60.9 Å². The largest absolute Gasteiger partial charge is 0.505 e. The van der Waals surface area contributed by atoms with E-state index in [1.54, 1.807) is 6.92 Å². The molecule has 0 amide bonds. The third kappa shape index (κ3) is 9.00. The Hall–Kier alpha value is -5.81. The normalized spacial score (nSPS) is 12.8. The number of hydrogen-bond donors (Lipinski definition) is 5. The summed E-state index contributed by atoms with van der Waals surface area (Å²) in [5.41, 5.74) is -2.56. The fourth-order valence-corrected chi connectivity index (χ4v) is 8.45. The van der Waals surface area contributed by atoms with E-state index in [1.807, 2.05) is 0 Å². The summed E-state index contributed by atoms with van der Waals surface area (Å²) in [5.74, 6) is -2.42. The van der Waals surface area contributed by atoms with Crippen molar-refractivity contribution in [3.63, 3.8) is 0 Å². The molecule has 0 saturated heterocycles. The zero-order valence-electron chi connectivity index (χ0n) is 29.0. The highest BCUT2D eigenvalue weighted by atomic mass is 32.2. The lowest BCUT2D eigenvalue weighted by atomic mass is 10.1. The van der Waals surface area contributed by atoms with Crippen LogP contribution in [-0.4, -0.2) is 82.4 Å². The van der Waals surface area contributed by atoms with Gasteiger partial charge < -0.3 is 15.3 Å². The van der Waals surface area contributed by atoms with Gasteiger partial charge in [-0.2, -0.15) is 44.6 Å². The SMILES string of the molecule is C=CS(=O)(=O)c1cccc(N(CC)c2nc(F)nc(Nc3cc(S(=O)(=O)O)cc4cc(S(=O)(=O)O)c(/N=N\c5cc(S(=O)(=O)C=C)ccc5S(=O)(=O)O)c(O)c34)n2)c1. The van der Waals surface area contributed by atoms with Crippen LogP contribution in [0.25, 0.3) is 10.8 Å². The number of azo groups is 1. The molecule has 0 aliphatic rings. The van der Waals surface area contributed by atoms with Crippen LogP contribution < -0.4 is 10.2 Å². The molecule has 0 aliphatic heterocycles. The van der Waals surface area contributed by atoms with Gasteiger partial charge in [-0.25, -0.2) is 16.8 Å². The number of halogens is 1. The van der Waals surface area contributed by atoms with E-state index in [2.05, 4.69) is 43.7 Å². The number of rotatable bonds is 14. The number of anilines is 4. The van der Waals surface area contributed by atoms with Gasteiger partial charge in [-0.3, -0.25) is 13.7 Å². The summed E-state index contributed by atoms with van der Waals surface area (Å²) in [6.45, 7) is 7.98.